The van der Waals surface area contributed by atoms with E-state index in [1.165, 1.54) is 48.9 Å². The maximum Gasteiger partial charge on any atom is 0.0502 e. The second kappa shape index (κ2) is 4.24. The van der Waals surface area contributed by atoms with E-state index in [4.69, 9.17) is 0 Å². The van der Waals surface area contributed by atoms with E-state index in [0.717, 1.165) is 0 Å². The molecule has 2 atom stereocenters. The largest absolute Gasteiger partial charge is 0.357 e. The summed E-state index contributed by atoms with van der Waals surface area (Å²) in [6.45, 7) is 6.35. The second-order valence-corrected chi connectivity index (χ2v) is 5.90. The summed E-state index contributed by atoms with van der Waals surface area (Å²) in [7, 11) is 0. The summed E-state index contributed by atoms with van der Waals surface area (Å²) in [5.41, 5.74) is 4.35. The number of rotatable bonds is 1. The smallest absolute Gasteiger partial charge is 0.0502 e. The van der Waals surface area contributed by atoms with Crippen LogP contribution >= 0.6 is 0 Å². The monoisotopic (exact) mass is 252 g/mol. The molecular formula is C17H20N2. The van der Waals surface area contributed by atoms with Gasteiger partial charge in [0.25, 0.3) is 0 Å². The van der Waals surface area contributed by atoms with E-state index in [-0.39, 0.29) is 0 Å². The molecule has 19 heavy (non-hydrogen) atoms. The summed E-state index contributed by atoms with van der Waals surface area (Å²) in [4.78, 5) is 6.33. The number of H-pyrrole nitrogens is 1. The quantitative estimate of drug-likeness (QED) is 0.767. The molecule has 0 saturated carbocycles. The molecule has 1 aromatic heterocycles. The molecule has 2 aliphatic heterocycles. The number of aromatic nitrogens is 1. The predicted octanol–water partition coefficient (Wildman–Crippen LogP) is 3.66. The van der Waals surface area contributed by atoms with Crippen LogP contribution in [0.2, 0.25) is 0 Å². The minimum Gasteiger partial charge on any atom is -0.357 e. The van der Waals surface area contributed by atoms with E-state index in [2.05, 4.69) is 46.8 Å². The number of hydrogen-bond acceptors (Lipinski definition) is 1. The molecule has 1 aromatic carbocycles. The van der Waals surface area contributed by atoms with Crippen LogP contribution < -0.4 is 0 Å². The van der Waals surface area contributed by atoms with Gasteiger partial charge in [0.15, 0.2) is 0 Å². The topological polar surface area (TPSA) is 19.0 Å². The molecule has 0 amide bonds. The minimum atomic E-state index is 0.604. The highest BCUT2D eigenvalue weighted by molar-refractivity contribution is 5.85. The molecule has 1 N–H and O–H groups in total. The van der Waals surface area contributed by atoms with Gasteiger partial charge in [0, 0.05) is 29.7 Å². The molecule has 1 fully saturated rings. The Bertz CT molecular complexity index is 625. The van der Waals surface area contributed by atoms with Crippen LogP contribution in [-0.2, 0) is 6.42 Å². The maximum absolute atomic E-state index is 3.97. The lowest BCUT2D eigenvalue weighted by Gasteiger charge is -2.41. The molecule has 98 valence electrons. The fraction of sp³-hybridized carbons (Fsp3) is 0.412. The second-order valence-electron chi connectivity index (χ2n) is 5.90. The van der Waals surface area contributed by atoms with E-state index < -0.39 is 0 Å². The van der Waals surface area contributed by atoms with E-state index in [1.54, 1.807) is 5.56 Å². The lowest BCUT2D eigenvalue weighted by molar-refractivity contribution is 0.112. The molecule has 1 saturated heterocycles. The zero-order valence-corrected chi connectivity index (χ0v) is 11.2. The number of nitrogens with zero attached hydrogens (tertiary/aromatic N) is 1. The van der Waals surface area contributed by atoms with Crippen molar-refractivity contribution in [2.24, 2.45) is 5.92 Å². The Hall–Kier alpha value is -1.54. The molecule has 0 aliphatic carbocycles. The first kappa shape index (κ1) is 11.3. The van der Waals surface area contributed by atoms with Crippen molar-refractivity contribution >= 4 is 10.9 Å². The molecule has 0 bridgehead atoms. The van der Waals surface area contributed by atoms with Gasteiger partial charge in [-0.05, 0) is 36.8 Å². The highest BCUT2D eigenvalue weighted by Crippen LogP contribution is 2.40. The van der Waals surface area contributed by atoms with Crippen molar-refractivity contribution in [3.8, 4) is 0 Å². The summed E-state index contributed by atoms with van der Waals surface area (Å²) in [5.74, 6) is 0.683. The molecule has 2 heteroatoms. The minimum absolute atomic E-state index is 0.604. The average Bonchev–Trinajstić information content (AvgIpc) is 2.85. The molecule has 2 aliphatic rings. The lowest BCUT2D eigenvalue weighted by Crippen LogP contribution is -2.41. The lowest BCUT2D eigenvalue weighted by atomic mass is 9.86. The van der Waals surface area contributed by atoms with Crippen molar-refractivity contribution in [3.63, 3.8) is 0 Å². The van der Waals surface area contributed by atoms with E-state index >= 15 is 0 Å². The highest BCUT2D eigenvalue weighted by atomic mass is 15.2. The van der Waals surface area contributed by atoms with E-state index in [0.29, 0.717) is 12.0 Å². The van der Waals surface area contributed by atoms with Gasteiger partial charge in [-0.15, -0.1) is 6.58 Å². The third-order valence-electron chi connectivity index (χ3n) is 4.88. The van der Waals surface area contributed by atoms with Crippen molar-refractivity contribution in [1.82, 2.24) is 9.88 Å². The van der Waals surface area contributed by atoms with Crippen molar-refractivity contribution < 1.29 is 0 Å². The number of piperidine rings is 1. The summed E-state index contributed by atoms with van der Waals surface area (Å²) in [5, 5.41) is 1.43. The fourth-order valence-corrected chi connectivity index (χ4v) is 3.87. The van der Waals surface area contributed by atoms with Crippen LogP contribution in [0.25, 0.3) is 10.9 Å². The standard InChI is InChI=1S/C17H20N2/c1-2-12-7-8-16-17-14(9-10-19(16)11-12)13-5-3-4-6-15(13)18-17/h2-6,12,16,18H,1,7-11H2/t12-,16+/m1/s1. The van der Waals surface area contributed by atoms with Gasteiger partial charge < -0.3 is 4.98 Å². The van der Waals surface area contributed by atoms with Gasteiger partial charge in [0.1, 0.15) is 0 Å². The van der Waals surface area contributed by atoms with E-state index in [9.17, 15) is 0 Å². The average molecular weight is 252 g/mol. The van der Waals surface area contributed by atoms with Crippen molar-refractivity contribution in [2.75, 3.05) is 13.1 Å². The van der Waals surface area contributed by atoms with Gasteiger partial charge in [0.2, 0.25) is 0 Å². The molecular weight excluding hydrogens is 232 g/mol. The van der Waals surface area contributed by atoms with Crippen LogP contribution in [0.1, 0.15) is 30.1 Å². The third-order valence-corrected chi connectivity index (χ3v) is 4.88. The summed E-state index contributed by atoms with van der Waals surface area (Å²) in [6.07, 6.45) is 5.85. The molecule has 4 rings (SSSR count). The first-order chi connectivity index (χ1) is 9.36. The van der Waals surface area contributed by atoms with Gasteiger partial charge >= 0.3 is 0 Å². The van der Waals surface area contributed by atoms with Crippen LogP contribution in [0.3, 0.4) is 0 Å². The predicted molar refractivity (Wildman–Crippen MR) is 79.2 cm³/mol. The molecule has 2 aromatic rings. The summed E-state index contributed by atoms with van der Waals surface area (Å²) in [6, 6.07) is 9.34. The van der Waals surface area contributed by atoms with Crippen LogP contribution in [-0.4, -0.2) is 23.0 Å². The number of hydrogen-bond donors (Lipinski definition) is 1. The number of nitrogens with one attached hydrogen (secondary N) is 1. The number of aromatic amines is 1. The molecule has 0 unspecified atom stereocenters. The molecule has 2 nitrogen and oxygen atoms in total. The molecule has 3 heterocycles. The molecule has 0 spiro atoms. The highest BCUT2D eigenvalue weighted by Gasteiger charge is 2.34. The zero-order valence-electron chi connectivity index (χ0n) is 11.2. The normalized spacial score (nSPS) is 26.9. The van der Waals surface area contributed by atoms with E-state index in [1.807, 2.05) is 0 Å². The first-order valence-corrected chi connectivity index (χ1v) is 7.33. The number of benzene rings is 1. The Morgan fingerprint density at radius 1 is 1.26 bits per heavy atom. The van der Waals surface area contributed by atoms with Gasteiger partial charge in [-0.3, -0.25) is 4.90 Å². The Morgan fingerprint density at radius 3 is 3.05 bits per heavy atom. The Morgan fingerprint density at radius 2 is 2.16 bits per heavy atom. The number of para-hydroxylation sites is 1. The van der Waals surface area contributed by atoms with Crippen LogP contribution in [0.15, 0.2) is 36.9 Å². The van der Waals surface area contributed by atoms with Crippen molar-refractivity contribution in [2.45, 2.75) is 25.3 Å². The van der Waals surface area contributed by atoms with Gasteiger partial charge in [-0.25, -0.2) is 0 Å². The van der Waals surface area contributed by atoms with Crippen LogP contribution in [0, 0.1) is 5.92 Å². The Labute approximate surface area is 114 Å². The maximum atomic E-state index is 3.97. The summed E-state index contributed by atoms with van der Waals surface area (Å²) < 4.78 is 0. The Balaban J connectivity index is 1.77. The first-order valence-electron chi connectivity index (χ1n) is 7.33. The number of fused-ring (bicyclic) bond motifs is 5. The SMILES string of the molecule is C=C[C@@H]1CC[C@H]2c3[nH]c4ccccc4c3CCN2C1. The summed E-state index contributed by atoms with van der Waals surface area (Å²) >= 11 is 0. The Kier molecular flexibility index (Phi) is 2.52. The van der Waals surface area contributed by atoms with Crippen molar-refractivity contribution in [3.05, 3.63) is 48.2 Å². The van der Waals surface area contributed by atoms with Gasteiger partial charge in [-0.1, -0.05) is 24.3 Å². The fourth-order valence-electron chi connectivity index (χ4n) is 3.87. The zero-order chi connectivity index (χ0) is 12.8. The van der Waals surface area contributed by atoms with Crippen molar-refractivity contribution in [1.29, 1.82) is 0 Å². The third kappa shape index (κ3) is 1.67. The van der Waals surface area contributed by atoms with Crippen LogP contribution in [0.4, 0.5) is 0 Å². The van der Waals surface area contributed by atoms with Gasteiger partial charge in [-0.2, -0.15) is 0 Å². The molecule has 0 radical (unpaired) electrons. The van der Waals surface area contributed by atoms with Gasteiger partial charge in [0.05, 0.1) is 6.04 Å². The van der Waals surface area contributed by atoms with Crippen LogP contribution in [0.5, 0.6) is 0 Å².